The highest BCUT2D eigenvalue weighted by Crippen LogP contribution is 2.21. The third kappa shape index (κ3) is 2.56. The fraction of sp³-hybridized carbons (Fsp3) is 0.700. The van der Waals surface area contributed by atoms with Crippen molar-refractivity contribution in [3.8, 4) is 0 Å². The fourth-order valence-electron chi connectivity index (χ4n) is 2.08. The van der Waals surface area contributed by atoms with E-state index in [1.165, 1.54) is 6.20 Å². The van der Waals surface area contributed by atoms with Gasteiger partial charge in [0.25, 0.3) is 5.91 Å². The van der Waals surface area contributed by atoms with E-state index in [0.29, 0.717) is 10.8 Å². The summed E-state index contributed by atoms with van der Waals surface area (Å²) in [5, 5.41) is 12.6. The second-order valence-electron chi connectivity index (χ2n) is 4.05. The lowest BCUT2D eigenvalue weighted by molar-refractivity contribution is 0.0658. The van der Waals surface area contributed by atoms with Crippen LogP contribution in [0.25, 0.3) is 0 Å². The maximum atomic E-state index is 12.0. The molecule has 1 saturated heterocycles. The standard InChI is InChI=1S/C10H15N3O2S/c14-5-3-8-2-1-4-13(7-8)10(15)9-6-11-12-16-9/h6,8,14H,1-5,7H2. The molecule has 1 fully saturated rings. The highest BCUT2D eigenvalue weighted by molar-refractivity contribution is 7.07. The van der Waals surface area contributed by atoms with E-state index >= 15 is 0 Å². The van der Waals surface area contributed by atoms with Gasteiger partial charge in [-0.05, 0) is 36.7 Å². The van der Waals surface area contributed by atoms with Gasteiger partial charge in [-0.3, -0.25) is 4.79 Å². The van der Waals surface area contributed by atoms with Gasteiger partial charge in [-0.2, -0.15) is 0 Å². The van der Waals surface area contributed by atoms with Crippen LogP contribution in [0.1, 0.15) is 28.9 Å². The van der Waals surface area contributed by atoms with Gasteiger partial charge < -0.3 is 10.0 Å². The summed E-state index contributed by atoms with van der Waals surface area (Å²) in [4.78, 5) is 14.5. The molecule has 88 valence electrons. The Morgan fingerprint density at radius 1 is 1.69 bits per heavy atom. The van der Waals surface area contributed by atoms with Gasteiger partial charge in [0.1, 0.15) is 4.88 Å². The molecule has 1 aromatic rings. The maximum absolute atomic E-state index is 12.0. The second kappa shape index (κ2) is 5.36. The molecule has 0 spiro atoms. The highest BCUT2D eigenvalue weighted by Gasteiger charge is 2.25. The van der Waals surface area contributed by atoms with Crippen molar-refractivity contribution in [3.05, 3.63) is 11.1 Å². The third-order valence-corrected chi connectivity index (χ3v) is 3.57. The summed E-state index contributed by atoms with van der Waals surface area (Å²) >= 11 is 1.14. The quantitative estimate of drug-likeness (QED) is 0.849. The zero-order chi connectivity index (χ0) is 11.4. The zero-order valence-electron chi connectivity index (χ0n) is 9.00. The van der Waals surface area contributed by atoms with Crippen LogP contribution in [-0.4, -0.2) is 45.2 Å². The predicted molar refractivity (Wildman–Crippen MR) is 60.2 cm³/mol. The number of hydrogen-bond donors (Lipinski definition) is 1. The molecule has 5 nitrogen and oxygen atoms in total. The number of hydrogen-bond acceptors (Lipinski definition) is 5. The molecule has 0 radical (unpaired) electrons. The van der Waals surface area contributed by atoms with Crippen LogP contribution in [-0.2, 0) is 0 Å². The van der Waals surface area contributed by atoms with Crippen molar-refractivity contribution in [2.75, 3.05) is 19.7 Å². The monoisotopic (exact) mass is 241 g/mol. The Balaban J connectivity index is 1.96. The van der Waals surface area contributed by atoms with E-state index in [1.807, 2.05) is 4.90 Å². The Hall–Kier alpha value is -1.01. The van der Waals surface area contributed by atoms with Crippen molar-refractivity contribution in [1.82, 2.24) is 14.5 Å². The van der Waals surface area contributed by atoms with E-state index in [4.69, 9.17) is 5.11 Å². The van der Waals surface area contributed by atoms with Crippen LogP contribution in [0.3, 0.4) is 0 Å². The Labute approximate surface area is 98.2 Å². The molecule has 1 unspecified atom stereocenters. The smallest absolute Gasteiger partial charge is 0.267 e. The lowest BCUT2D eigenvalue weighted by Crippen LogP contribution is -2.39. The normalized spacial score (nSPS) is 21.1. The average molecular weight is 241 g/mol. The number of piperidine rings is 1. The Morgan fingerprint density at radius 2 is 2.56 bits per heavy atom. The Morgan fingerprint density at radius 3 is 3.25 bits per heavy atom. The molecule has 6 heteroatoms. The van der Waals surface area contributed by atoms with E-state index in [2.05, 4.69) is 9.59 Å². The van der Waals surface area contributed by atoms with Gasteiger partial charge in [0.2, 0.25) is 0 Å². The van der Waals surface area contributed by atoms with Gasteiger partial charge in [-0.15, -0.1) is 5.10 Å². The highest BCUT2D eigenvalue weighted by atomic mass is 32.1. The van der Waals surface area contributed by atoms with Gasteiger partial charge in [-0.25, -0.2) is 0 Å². The van der Waals surface area contributed by atoms with Crippen molar-refractivity contribution >= 4 is 17.4 Å². The van der Waals surface area contributed by atoms with Crippen LogP contribution in [0.5, 0.6) is 0 Å². The van der Waals surface area contributed by atoms with Gasteiger partial charge >= 0.3 is 0 Å². The largest absolute Gasteiger partial charge is 0.396 e. The van der Waals surface area contributed by atoms with Crippen molar-refractivity contribution in [1.29, 1.82) is 0 Å². The van der Waals surface area contributed by atoms with Crippen LogP contribution in [0.15, 0.2) is 6.20 Å². The number of carbonyl (C=O) groups is 1. The molecule has 1 aliphatic heterocycles. The van der Waals surface area contributed by atoms with Crippen molar-refractivity contribution < 1.29 is 9.90 Å². The van der Waals surface area contributed by atoms with Gasteiger partial charge in [0.15, 0.2) is 0 Å². The molecular weight excluding hydrogens is 226 g/mol. The van der Waals surface area contributed by atoms with Gasteiger partial charge in [0, 0.05) is 19.7 Å². The first-order valence-electron chi connectivity index (χ1n) is 5.48. The van der Waals surface area contributed by atoms with Crippen LogP contribution in [0.4, 0.5) is 0 Å². The molecule has 0 aromatic carbocycles. The number of carbonyl (C=O) groups excluding carboxylic acids is 1. The summed E-state index contributed by atoms with van der Waals surface area (Å²) < 4.78 is 3.70. The number of aliphatic hydroxyl groups is 1. The van der Waals surface area contributed by atoms with Gasteiger partial charge in [0.05, 0.1) is 6.20 Å². The molecule has 1 aliphatic rings. The Kier molecular flexibility index (Phi) is 3.84. The molecule has 1 N–H and O–H groups in total. The third-order valence-electron chi connectivity index (χ3n) is 2.92. The molecule has 1 aromatic heterocycles. The van der Waals surface area contributed by atoms with Crippen LogP contribution < -0.4 is 0 Å². The summed E-state index contributed by atoms with van der Waals surface area (Å²) in [6.07, 6.45) is 4.42. The molecule has 2 heterocycles. The van der Waals surface area contributed by atoms with E-state index in [1.54, 1.807) is 0 Å². The number of likely N-dealkylation sites (tertiary alicyclic amines) is 1. The summed E-state index contributed by atoms with van der Waals surface area (Å²) in [7, 11) is 0. The SMILES string of the molecule is O=C(c1cnns1)N1CCCC(CCO)C1. The number of rotatable bonds is 3. The lowest BCUT2D eigenvalue weighted by atomic mass is 9.95. The maximum Gasteiger partial charge on any atom is 0.267 e. The summed E-state index contributed by atoms with van der Waals surface area (Å²) in [5.74, 6) is 0.459. The first kappa shape index (κ1) is 11.5. The molecule has 2 rings (SSSR count). The molecule has 16 heavy (non-hydrogen) atoms. The predicted octanol–water partition coefficient (Wildman–Crippen LogP) is 0.773. The molecule has 0 saturated carbocycles. The summed E-state index contributed by atoms with van der Waals surface area (Å²) in [5.41, 5.74) is 0. The van der Waals surface area contributed by atoms with Crippen molar-refractivity contribution in [2.24, 2.45) is 5.92 Å². The molecule has 1 atom stereocenters. The van der Waals surface area contributed by atoms with Crippen LogP contribution in [0, 0.1) is 5.92 Å². The number of aliphatic hydroxyl groups excluding tert-OH is 1. The molecule has 0 bridgehead atoms. The van der Waals surface area contributed by atoms with Crippen molar-refractivity contribution in [3.63, 3.8) is 0 Å². The summed E-state index contributed by atoms with van der Waals surface area (Å²) in [6, 6.07) is 0. The van der Waals surface area contributed by atoms with Gasteiger partial charge in [-0.1, -0.05) is 4.49 Å². The van der Waals surface area contributed by atoms with E-state index < -0.39 is 0 Å². The fourth-order valence-corrected chi connectivity index (χ4v) is 2.57. The minimum atomic E-state index is 0.0256. The molecule has 0 aliphatic carbocycles. The molecular formula is C10H15N3O2S. The van der Waals surface area contributed by atoms with Crippen LogP contribution >= 0.6 is 11.5 Å². The summed E-state index contributed by atoms with van der Waals surface area (Å²) in [6.45, 7) is 1.75. The minimum absolute atomic E-state index is 0.0256. The second-order valence-corrected chi connectivity index (χ2v) is 4.84. The first-order valence-corrected chi connectivity index (χ1v) is 6.26. The van der Waals surface area contributed by atoms with Crippen molar-refractivity contribution in [2.45, 2.75) is 19.3 Å². The number of aromatic nitrogens is 2. The minimum Gasteiger partial charge on any atom is -0.396 e. The van der Waals surface area contributed by atoms with Crippen LogP contribution in [0.2, 0.25) is 0 Å². The average Bonchev–Trinajstić information content (AvgIpc) is 2.82. The van der Waals surface area contributed by atoms with E-state index in [9.17, 15) is 4.79 Å². The van der Waals surface area contributed by atoms with E-state index in [0.717, 1.165) is 43.9 Å². The lowest BCUT2D eigenvalue weighted by Gasteiger charge is -2.32. The Bertz CT molecular complexity index is 340. The molecule has 1 amide bonds. The first-order chi connectivity index (χ1) is 7.81. The van der Waals surface area contributed by atoms with E-state index in [-0.39, 0.29) is 12.5 Å². The number of amides is 1. The zero-order valence-corrected chi connectivity index (χ0v) is 9.82. The topological polar surface area (TPSA) is 66.3 Å². The number of nitrogens with zero attached hydrogens (tertiary/aromatic N) is 3.